The topological polar surface area (TPSA) is 244 Å². The third-order valence-electron chi connectivity index (χ3n) is 1.28. The van der Waals surface area contributed by atoms with Crippen LogP contribution in [0.1, 0.15) is 12.8 Å². The van der Waals surface area contributed by atoms with Gasteiger partial charge in [0.1, 0.15) is 0 Å². The molecule has 0 rings (SSSR count). The van der Waals surface area contributed by atoms with Crippen LogP contribution >= 0.6 is 7.82 Å². The molecule has 1 atom stereocenters. The smallest absolute Gasteiger partial charge is 0.550 e. The molecule has 0 saturated carbocycles. The molecule has 20 heavy (non-hydrogen) atoms. The number of hydrogen-bond acceptors (Lipinski definition) is 6. The predicted octanol–water partition coefficient (Wildman–Crippen LogP) is -7.33. The number of carboxylic acid groups (broad SMARTS) is 3. The minimum absolute atomic E-state index is 0. The van der Waals surface area contributed by atoms with Crippen LogP contribution < -0.4 is 34.7 Å². The average Bonchev–Trinajstić information content (AvgIpc) is 1.95. The third kappa shape index (κ3) is 19.8. The summed E-state index contributed by atoms with van der Waals surface area (Å²) in [5, 5.41) is 35.5. The van der Waals surface area contributed by atoms with Crippen LogP contribution in [-0.4, -0.2) is 59.0 Å². The van der Waals surface area contributed by atoms with E-state index in [-0.39, 0.29) is 35.0 Å². The molecule has 0 spiro atoms. The van der Waals surface area contributed by atoms with Gasteiger partial charge in [-0.15, -0.1) is 0 Å². The summed E-state index contributed by atoms with van der Waals surface area (Å²) in [5.41, 5.74) is -2.80. The molecule has 0 radical (unpaired) electrons. The molecular weight excluding hydrogens is 318 g/mol. The minimum atomic E-state index is -4.64. The number of carboxylic acids is 3. The van der Waals surface area contributed by atoms with Crippen LogP contribution in [0.25, 0.3) is 0 Å². The Morgan fingerprint density at radius 3 is 1.50 bits per heavy atom. The van der Waals surface area contributed by atoms with Gasteiger partial charge in [0.2, 0.25) is 0 Å². The molecule has 0 heterocycles. The Morgan fingerprint density at radius 1 is 1.05 bits per heavy atom. The third-order valence-corrected chi connectivity index (χ3v) is 1.28. The van der Waals surface area contributed by atoms with E-state index >= 15 is 0 Å². The van der Waals surface area contributed by atoms with Gasteiger partial charge in [-0.2, -0.15) is 0 Å². The fraction of sp³-hybridized carbons (Fsp3) is 0.500. The maximum absolute atomic E-state index is 10.3. The van der Waals surface area contributed by atoms with E-state index in [0.29, 0.717) is 0 Å². The molecule has 12 nitrogen and oxygen atoms in total. The summed E-state index contributed by atoms with van der Waals surface area (Å²) >= 11 is 0. The van der Waals surface area contributed by atoms with E-state index in [2.05, 4.69) is 0 Å². The van der Waals surface area contributed by atoms with Crippen LogP contribution in [0.15, 0.2) is 0 Å². The zero-order chi connectivity index (χ0) is 15.1. The molecule has 114 valence electrons. The van der Waals surface area contributed by atoms with Gasteiger partial charge in [0.15, 0.2) is 5.60 Å². The summed E-state index contributed by atoms with van der Waals surface area (Å²) in [6.45, 7) is 0. The Labute approximate surface area is 133 Å². The number of carbonyl (C=O) groups excluding carboxylic acids is 1. The molecule has 0 aliphatic rings. The van der Waals surface area contributed by atoms with Gasteiger partial charge in [-0.25, -0.2) is 9.36 Å². The first-order valence-corrected chi connectivity index (χ1v) is 5.50. The summed E-state index contributed by atoms with van der Waals surface area (Å²) in [5.74, 6) is -5.34. The van der Waals surface area contributed by atoms with Crippen molar-refractivity contribution in [3.05, 3.63) is 0 Å². The standard InChI is InChI=1S/C6H8O7.Na.H3O4P.H2O/c7-3(8)1-6(13,5(11)12)2-4(9)10;;1-5(2,3)4;/h13H,1-2H2,(H,7,8)(H,9,10)(H,11,12);;(H3,1,2,3,4);1H2/q;+1;;/p-1. The largest absolute Gasteiger partial charge is 1.00 e. The molecule has 0 fully saturated rings. The minimum Gasteiger partial charge on any atom is -0.550 e. The quantitative estimate of drug-likeness (QED) is 0.204. The van der Waals surface area contributed by atoms with Gasteiger partial charge in [0.25, 0.3) is 0 Å². The van der Waals surface area contributed by atoms with Gasteiger partial charge in [0.05, 0.1) is 6.42 Å². The molecule has 8 N–H and O–H groups in total. The Balaban J connectivity index is -0.000000158. The number of carbonyl (C=O) groups is 3. The first-order valence-electron chi connectivity index (χ1n) is 3.93. The molecule has 0 aliphatic heterocycles. The van der Waals surface area contributed by atoms with Crippen molar-refractivity contribution in [3.8, 4) is 0 Å². The molecule has 0 saturated heterocycles. The van der Waals surface area contributed by atoms with Crippen LogP contribution in [0.2, 0.25) is 0 Å². The Hall–Kier alpha value is -0.560. The van der Waals surface area contributed by atoms with E-state index < -0.39 is 44.2 Å². The van der Waals surface area contributed by atoms with Crippen molar-refractivity contribution in [2.24, 2.45) is 0 Å². The van der Waals surface area contributed by atoms with E-state index in [0.717, 1.165) is 0 Å². The number of hydrogen-bond donors (Lipinski definition) is 6. The number of aliphatic carboxylic acids is 3. The molecule has 0 aliphatic carbocycles. The second-order valence-electron chi connectivity index (χ2n) is 2.97. The van der Waals surface area contributed by atoms with Crippen LogP contribution in [0.5, 0.6) is 0 Å². The summed E-state index contributed by atoms with van der Waals surface area (Å²) in [6, 6.07) is 0. The van der Waals surface area contributed by atoms with E-state index in [1.165, 1.54) is 0 Å². The van der Waals surface area contributed by atoms with E-state index in [1.807, 2.05) is 0 Å². The van der Waals surface area contributed by atoms with Crippen LogP contribution in [-0.2, 0) is 18.9 Å². The van der Waals surface area contributed by atoms with Crippen molar-refractivity contribution >= 4 is 25.7 Å². The monoisotopic (exact) mass is 330 g/mol. The van der Waals surface area contributed by atoms with Crippen molar-refractivity contribution in [3.63, 3.8) is 0 Å². The molecule has 1 unspecified atom stereocenters. The van der Waals surface area contributed by atoms with Crippen molar-refractivity contribution in [2.45, 2.75) is 18.4 Å². The van der Waals surface area contributed by atoms with Crippen molar-refractivity contribution in [2.75, 3.05) is 0 Å². The second-order valence-corrected chi connectivity index (χ2v) is 4.00. The Bertz CT molecular complexity index is 350. The van der Waals surface area contributed by atoms with Gasteiger partial charge < -0.3 is 45.4 Å². The summed E-state index contributed by atoms with van der Waals surface area (Å²) in [4.78, 5) is 51.9. The van der Waals surface area contributed by atoms with Crippen molar-refractivity contribution in [1.29, 1.82) is 0 Å². The number of rotatable bonds is 5. The second kappa shape index (κ2) is 11.1. The molecule has 0 amide bonds. The van der Waals surface area contributed by atoms with Crippen LogP contribution in [0, 0.1) is 0 Å². The normalized spacial score (nSPS) is 12.4. The average molecular weight is 330 g/mol. The van der Waals surface area contributed by atoms with Gasteiger partial charge in [0, 0.05) is 12.4 Å². The van der Waals surface area contributed by atoms with Crippen LogP contribution in [0.4, 0.5) is 0 Å². The van der Waals surface area contributed by atoms with Crippen molar-refractivity contribution < 1.29 is 89.1 Å². The van der Waals surface area contributed by atoms with E-state index in [1.54, 1.807) is 0 Å². The number of phosphoric acid groups is 1. The summed E-state index contributed by atoms with van der Waals surface area (Å²) in [6.07, 6.45) is -2.44. The maximum atomic E-state index is 10.3. The molecule has 0 aromatic rings. The fourth-order valence-corrected chi connectivity index (χ4v) is 0.703. The van der Waals surface area contributed by atoms with Gasteiger partial charge in [-0.3, -0.25) is 4.79 Å². The predicted molar refractivity (Wildman–Crippen MR) is 52.3 cm³/mol. The van der Waals surface area contributed by atoms with Gasteiger partial charge >= 0.3 is 49.3 Å². The summed E-state index contributed by atoms with van der Waals surface area (Å²) in [7, 11) is -4.64. The van der Waals surface area contributed by atoms with Gasteiger partial charge in [-0.05, 0) is 0 Å². The zero-order valence-electron chi connectivity index (χ0n) is 10.1. The maximum Gasteiger partial charge on any atom is 1.00 e. The Morgan fingerprint density at radius 2 is 1.35 bits per heavy atom. The molecule has 14 heteroatoms. The zero-order valence-corrected chi connectivity index (χ0v) is 13.0. The first-order chi connectivity index (χ1) is 7.78. The van der Waals surface area contributed by atoms with Gasteiger partial charge in [-0.1, -0.05) is 0 Å². The van der Waals surface area contributed by atoms with Crippen LogP contribution in [0.3, 0.4) is 0 Å². The molecule has 0 aromatic heterocycles. The SMILES string of the molecule is O.O=C([O-])CC(O)(CC(=O)O)C(=O)O.O=P(O)(O)O.[Na+]. The molecule has 0 aromatic carbocycles. The fourth-order valence-electron chi connectivity index (χ4n) is 0.703. The van der Waals surface area contributed by atoms with Crippen molar-refractivity contribution in [1.82, 2.24) is 0 Å². The van der Waals surface area contributed by atoms with E-state index in [4.69, 9.17) is 34.6 Å². The number of aliphatic hydroxyl groups is 1. The molecular formula is C6H12NaO12P. The Kier molecular flexibility index (Phi) is 15.4. The summed E-state index contributed by atoms with van der Waals surface area (Å²) < 4.78 is 8.88. The molecule has 0 bridgehead atoms. The van der Waals surface area contributed by atoms with E-state index in [9.17, 15) is 19.5 Å². The first kappa shape index (κ1) is 27.7.